The molecule has 0 fully saturated rings. The lowest BCUT2D eigenvalue weighted by molar-refractivity contribution is 0.135. The first-order valence-corrected chi connectivity index (χ1v) is 9.55. The van der Waals surface area contributed by atoms with Crippen LogP contribution in [0.25, 0.3) is 0 Å². The van der Waals surface area contributed by atoms with Gasteiger partial charge in [-0.3, -0.25) is 0 Å². The number of hydrogen-bond donors (Lipinski definition) is 1. The topological polar surface area (TPSA) is 60.3 Å². The molecule has 146 valence electrons. The molecule has 0 radical (unpaired) electrons. The summed E-state index contributed by atoms with van der Waals surface area (Å²) in [4.78, 5) is 0. The average Bonchev–Trinajstić information content (AvgIpc) is 2.58. The van der Waals surface area contributed by atoms with Gasteiger partial charge >= 0.3 is 0 Å². The number of oxime groups is 1. The van der Waals surface area contributed by atoms with Gasteiger partial charge in [0.25, 0.3) is 0 Å². The lowest BCUT2D eigenvalue weighted by atomic mass is 10.2. The molecule has 0 heterocycles. The Morgan fingerprint density at radius 3 is 2.35 bits per heavy atom. The third kappa shape index (κ3) is 10.3. The molecule has 0 aliphatic heterocycles. The van der Waals surface area contributed by atoms with E-state index in [4.69, 9.17) is 65.8 Å². The summed E-state index contributed by atoms with van der Waals surface area (Å²) in [7, 11) is 0. The summed E-state index contributed by atoms with van der Waals surface area (Å²) < 4.78 is 16.6. The summed E-state index contributed by atoms with van der Waals surface area (Å²) in [6, 6.07) is 3.25. The van der Waals surface area contributed by atoms with Crippen LogP contribution in [0.5, 0.6) is 11.5 Å². The van der Waals surface area contributed by atoms with Gasteiger partial charge < -0.3 is 19.4 Å². The van der Waals surface area contributed by atoms with E-state index in [1.807, 2.05) is 0 Å². The van der Waals surface area contributed by atoms with Gasteiger partial charge in [-0.2, -0.15) is 0 Å². The number of ether oxygens (including phenoxy) is 3. The van der Waals surface area contributed by atoms with E-state index in [0.717, 1.165) is 19.3 Å². The zero-order valence-corrected chi connectivity index (χ0v) is 17.1. The van der Waals surface area contributed by atoms with Crippen molar-refractivity contribution in [2.24, 2.45) is 5.16 Å². The molecule has 0 saturated carbocycles. The van der Waals surface area contributed by atoms with Crippen LogP contribution < -0.4 is 9.47 Å². The summed E-state index contributed by atoms with van der Waals surface area (Å²) in [5.41, 5.74) is 0. The average molecular weight is 445 g/mol. The van der Waals surface area contributed by atoms with Crippen LogP contribution in [0.4, 0.5) is 0 Å². The highest BCUT2D eigenvalue weighted by atomic mass is 35.5. The third-order valence-electron chi connectivity index (χ3n) is 3.11. The molecule has 9 heteroatoms. The summed E-state index contributed by atoms with van der Waals surface area (Å²) in [5.74, 6) is 0.938. The van der Waals surface area contributed by atoms with Crippen LogP contribution in [0.3, 0.4) is 0 Å². The minimum atomic E-state index is 0.131. The predicted molar refractivity (Wildman–Crippen MR) is 107 cm³/mol. The maximum Gasteiger partial charge on any atom is 0.156 e. The number of halogens is 4. The molecule has 0 atom stereocenters. The second-order valence-corrected chi connectivity index (χ2v) is 6.95. The van der Waals surface area contributed by atoms with Crippen molar-refractivity contribution < 1.29 is 19.4 Å². The van der Waals surface area contributed by atoms with E-state index in [1.165, 1.54) is 12.3 Å². The van der Waals surface area contributed by atoms with Crippen molar-refractivity contribution in [2.75, 3.05) is 26.4 Å². The Morgan fingerprint density at radius 1 is 1.00 bits per heavy atom. The molecule has 0 aliphatic rings. The molecule has 1 aromatic carbocycles. The molecule has 0 aromatic heterocycles. The third-order valence-corrected chi connectivity index (χ3v) is 3.98. The number of rotatable bonds is 13. The normalized spacial score (nSPS) is 10.9. The molecular weight excluding hydrogens is 424 g/mol. The van der Waals surface area contributed by atoms with Crippen LogP contribution in [-0.4, -0.2) is 37.8 Å². The van der Waals surface area contributed by atoms with Crippen LogP contribution in [0, 0.1) is 0 Å². The highest BCUT2D eigenvalue weighted by Gasteiger charge is 2.10. The van der Waals surface area contributed by atoms with Gasteiger partial charge in [-0.05, 0) is 25.3 Å². The van der Waals surface area contributed by atoms with Gasteiger partial charge in [-0.1, -0.05) is 46.4 Å². The number of unbranched alkanes of at least 4 members (excludes halogenated alkanes) is 2. The Labute approximate surface area is 173 Å². The Morgan fingerprint density at radius 2 is 1.69 bits per heavy atom. The first-order valence-electron chi connectivity index (χ1n) is 8.04. The molecule has 0 aliphatic carbocycles. The van der Waals surface area contributed by atoms with Gasteiger partial charge in [0.15, 0.2) is 5.75 Å². The smallest absolute Gasteiger partial charge is 0.156 e. The SMILES string of the molecule is ON=CCCOCCCCCOc1c(Cl)cc(OCC=C(Cl)Cl)cc1Cl. The molecule has 1 rings (SSSR count). The van der Waals surface area contributed by atoms with Crippen LogP contribution >= 0.6 is 46.4 Å². The number of nitrogens with zero attached hydrogens (tertiary/aromatic N) is 1. The fourth-order valence-corrected chi connectivity index (χ4v) is 2.61. The summed E-state index contributed by atoms with van der Waals surface area (Å²) in [5, 5.41) is 11.9. The van der Waals surface area contributed by atoms with Crippen molar-refractivity contribution in [3.8, 4) is 11.5 Å². The molecule has 5 nitrogen and oxygen atoms in total. The van der Waals surface area contributed by atoms with Crippen LogP contribution in [0.1, 0.15) is 25.7 Å². The van der Waals surface area contributed by atoms with Crippen LogP contribution in [0.2, 0.25) is 10.0 Å². The molecule has 26 heavy (non-hydrogen) atoms. The van der Waals surface area contributed by atoms with Crippen LogP contribution in [0.15, 0.2) is 27.9 Å². The highest BCUT2D eigenvalue weighted by Crippen LogP contribution is 2.37. The van der Waals surface area contributed by atoms with Gasteiger partial charge in [0.1, 0.15) is 16.8 Å². The molecular formula is C17H21Cl4NO4. The first-order chi connectivity index (χ1) is 12.5. The maximum atomic E-state index is 8.23. The molecule has 0 saturated heterocycles. The van der Waals surface area contributed by atoms with Gasteiger partial charge in [0.05, 0.1) is 23.3 Å². The Kier molecular flexibility index (Phi) is 12.7. The van der Waals surface area contributed by atoms with E-state index < -0.39 is 0 Å². The summed E-state index contributed by atoms with van der Waals surface area (Å²) in [6.07, 6.45) is 6.25. The van der Waals surface area contributed by atoms with Crippen molar-refractivity contribution in [1.29, 1.82) is 0 Å². The standard InChI is InChI=1S/C17H21Cl4NO4/c18-14-11-13(25-10-5-16(20)21)12-15(19)17(14)26-9-3-1-2-7-24-8-4-6-22-23/h5-6,11-12,23H,1-4,7-10H2. The fourth-order valence-electron chi connectivity index (χ4n) is 1.91. The molecule has 0 bridgehead atoms. The summed E-state index contributed by atoms with van der Waals surface area (Å²) in [6.45, 7) is 1.92. The molecule has 1 aromatic rings. The van der Waals surface area contributed by atoms with Gasteiger partial charge in [-0.25, -0.2) is 0 Å². The van der Waals surface area contributed by atoms with Crippen molar-refractivity contribution in [3.63, 3.8) is 0 Å². The fraction of sp³-hybridized carbons (Fsp3) is 0.471. The van der Waals surface area contributed by atoms with E-state index in [2.05, 4.69) is 5.16 Å². The number of benzene rings is 1. The predicted octanol–water partition coefficient (Wildman–Crippen LogP) is 6.11. The van der Waals surface area contributed by atoms with E-state index in [0.29, 0.717) is 47.8 Å². The van der Waals surface area contributed by atoms with Crippen molar-refractivity contribution in [3.05, 3.63) is 32.7 Å². The Hall–Kier alpha value is -0.850. The van der Waals surface area contributed by atoms with Crippen LogP contribution in [-0.2, 0) is 4.74 Å². The van der Waals surface area contributed by atoms with Gasteiger partial charge in [0, 0.05) is 31.4 Å². The second kappa shape index (κ2) is 14.2. The lowest BCUT2D eigenvalue weighted by Gasteiger charge is -2.12. The highest BCUT2D eigenvalue weighted by molar-refractivity contribution is 6.55. The maximum absolute atomic E-state index is 8.23. The Bertz CT molecular complexity index is 569. The minimum Gasteiger partial charge on any atom is -0.490 e. The summed E-state index contributed by atoms with van der Waals surface area (Å²) >= 11 is 23.4. The Balaban J connectivity index is 2.27. The first kappa shape index (κ1) is 23.2. The van der Waals surface area contributed by atoms with E-state index in [9.17, 15) is 0 Å². The minimum absolute atomic E-state index is 0.131. The lowest BCUT2D eigenvalue weighted by Crippen LogP contribution is -2.02. The molecule has 1 N–H and O–H groups in total. The van der Waals surface area contributed by atoms with Gasteiger partial charge in [-0.15, -0.1) is 5.16 Å². The van der Waals surface area contributed by atoms with E-state index >= 15 is 0 Å². The van der Waals surface area contributed by atoms with E-state index in [1.54, 1.807) is 12.1 Å². The van der Waals surface area contributed by atoms with Gasteiger partial charge in [0.2, 0.25) is 0 Å². The van der Waals surface area contributed by atoms with E-state index in [-0.39, 0.29) is 11.1 Å². The second-order valence-electron chi connectivity index (χ2n) is 5.13. The largest absolute Gasteiger partial charge is 0.490 e. The van der Waals surface area contributed by atoms with Crippen molar-refractivity contribution >= 4 is 52.6 Å². The monoisotopic (exact) mass is 443 g/mol. The van der Waals surface area contributed by atoms with Crippen molar-refractivity contribution in [1.82, 2.24) is 0 Å². The molecule has 0 unspecified atom stereocenters. The molecule has 0 amide bonds. The zero-order chi connectivity index (χ0) is 19.2. The number of hydrogen-bond acceptors (Lipinski definition) is 5. The zero-order valence-electron chi connectivity index (χ0n) is 14.1. The quantitative estimate of drug-likeness (QED) is 0.172. The van der Waals surface area contributed by atoms with Crippen molar-refractivity contribution in [2.45, 2.75) is 25.7 Å². The molecule has 0 spiro atoms.